The molecule has 0 spiro atoms. The largest absolute Gasteiger partial charge is 0.355 e. The van der Waals surface area contributed by atoms with Crippen molar-refractivity contribution in [2.45, 2.75) is 13.0 Å². The van der Waals surface area contributed by atoms with Gasteiger partial charge in [0, 0.05) is 5.82 Å². The van der Waals surface area contributed by atoms with Crippen molar-refractivity contribution in [3.05, 3.63) is 12.4 Å². The molecular weight excluding hydrogens is 187 g/mol. The van der Waals surface area contributed by atoms with Crippen molar-refractivity contribution in [1.82, 2.24) is 0 Å². The summed E-state index contributed by atoms with van der Waals surface area (Å²) >= 11 is 0. The molecule has 0 aromatic heterocycles. The molecule has 2 atom stereocenters. The Kier molecular flexibility index (Phi) is 5.19. The van der Waals surface area contributed by atoms with Gasteiger partial charge in [-0.3, -0.25) is 13.6 Å². The highest BCUT2D eigenvalue weighted by atomic mass is 31.2. The van der Waals surface area contributed by atoms with Crippen molar-refractivity contribution in [3.8, 4) is 24.7 Å². The van der Waals surface area contributed by atoms with E-state index in [1.165, 1.54) is 0 Å². The number of terminal acetylenes is 2. The van der Waals surface area contributed by atoms with Crippen LogP contribution in [0, 0.1) is 24.7 Å². The molecule has 0 saturated heterocycles. The first-order chi connectivity index (χ1) is 6.08. The lowest BCUT2D eigenvalue weighted by molar-refractivity contribution is 0.208. The molecule has 0 amide bonds. The normalized spacial score (nSPS) is 16.2. The lowest BCUT2D eigenvalue weighted by atomic mass is 10.4. The molecule has 0 heterocycles. The first-order valence-electron chi connectivity index (χ1n) is 3.54. The maximum atomic E-state index is 11.6. The zero-order valence-corrected chi connectivity index (χ0v) is 8.29. The molecule has 0 radical (unpaired) electrons. The van der Waals surface area contributed by atoms with Crippen LogP contribution in [-0.4, -0.2) is 12.7 Å². The van der Waals surface area contributed by atoms with Crippen LogP contribution >= 0.6 is 7.60 Å². The van der Waals surface area contributed by atoms with Crippen molar-refractivity contribution >= 4 is 7.60 Å². The van der Waals surface area contributed by atoms with Crippen LogP contribution in [0.3, 0.4) is 0 Å². The van der Waals surface area contributed by atoms with Crippen molar-refractivity contribution < 1.29 is 13.6 Å². The fourth-order valence-electron chi connectivity index (χ4n) is 0.504. The van der Waals surface area contributed by atoms with E-state index in [1.54, 1.807) is 6.92 Å². The fraction of sp³-hybridized carbons (Fsp3) is 0.333. The van der Waals surface area contributed by atoms with Gasteiger partial charge in [0.25, 0.3) is 0 Å². The lowest BCUT2D eigenvalue weighted by Gasteiger charge is -2.14. The highest BCUT2D eigenvalue weighted by Crippen LogP contribution is 2.50. The van der Waals surface area contributed by atoms with E-state index in [0.29, 0.717) is 0 Å². The van der Waals surface area contributed by atoms with E-state index < -0.39 is 13.7 Å². The van der Waals surface area contributed by atoms with E-state index in [1.807, 2.05) is 0 Å². The third kappa shape index (κ3) is 4.55. The predicted molar refractivity (Wildman–Crippen MR) is 52.0 cm³/mol. The zero-order valence-electron chi connectivity index (χ0n) is 7.40. The Balaban J connectivity index is 4.32. The predicted octanol–water partition coefficient (Wildman–Crippen LogP) is 2.01. The van der Waals surface area contributed by atoms with Crippen molar-refractivity contribution in [1.29, 1.82) is 0 Å². The summed E-state index contributed by atoms with van der Waals surface area (Å²) in [7, 11) is -3.31. The summed E-state index contributed by atoms with van der Waals surface area (Å²) in [5, 5.41) is 0. The van der Waals surface area contributed by atoms with Gasteiger partial charge in [-0.1, -0.05) is 18.4 Å². The van der Waals surface area contributed by atoms with Crippen molar-refractivity contribution in [3.63, 3.8) is 0 Å². The van der Waals surface area contributed by atoms with Crippen molar-refractivity contribution in [2.24, 2.45) is 0 Å². The Morgan fingerprint density at radius 1 is 1.69 bits per heavy atom. The first kappa shape index (κ1) is 12.0. The van der Waals surface area contributed by atoms with Gasteiger partial charge in [0.1, 0.15) is 12.7 Å². The van der Waals surface area contributed by atoms with E-state index >= 15 is 0 Å². The molecule has 0 N–H and O–H groups in total. The average Bonchev–Trinajstić information content (AvgIpc) is 2.14. The summed E-state index contributed by atoms with van der Waals surface area (Å²) < 4.78 is 21.3. The molecule has 3 nitrogen and oxygen atoms in total. The minimum atomic E-state index is -3.31. The lowest BCUT2D eigenvalue weighted by Crippen LogP contribution is -2.03. The topological polar surface area (TPSA) is 35.5 Å². The van der Waals surface area contributed by atoms with Gasteiger partial charge in [-0.05, 0) is 6.92 Å². The maximum Gasteiger partial charge on any atom is 0.355 e. The smallest absolute Gasteiger partial charge is 0.293 e. The first-order valence-corrected chi connectivity index (χ1v) is 5.15. The van der Waals surface area contributed by atoms with E-state index in [2.05, 4.69) is 18.4 Å². The minimum absolute atomic E-state index is 0.0966. The molecule has 0 fully saturated rings. The summed E-state index contributed by atoms with van der Waals surface area (Å²) in [6.45, 7) is 4.80. The molecule has 0 rings (SSSR count). The van der Waals surface area contributed by atoms with Crippen LogP contribution in [-0.2, 0) is 13.6 Å². The molecule has 4 heteroatoms. The van der Waals surface area contributed by atoms with Gasteiger partial charge in [0.05, 0.1) is 0 Å². The summed E-state index contributed by atoms with van der Waals surface area (Å²) in [6.07, 6.45) is 9.37. The molecule has 13 heavy (non-hydrogen) atoms. The molecule has 2 unspecified atom stereocenters. The fourth-order valence-corrected chi connectivity index (χ4v) is 1.51. The minimum Gasteiger partial charge on any atom is -0.293 e. The molecule has 0 bridgehead atoms. The molecule has 0 aliphatic rings. The quantitative estimate of drug-likeness (QED) is 0.500. The molecule has 0 saturated carbocycles. The van der Waals surface area contributed by atoms with Gasteiger partial charge >= 0.3 is 7.60 Å². The average molecular weight is 198 g/mol. The van der Waals surface area contributed by atoms with Crippen LogP contribution in [0.2, 0.25) is 0 Å². The van der Waals surface area contributed by atoms with E-state index in [-0.39, 0.29) is 6.61 Å². The van der Waals surface area contributed by atoms with Crippen LogP contribution in [0.15, 0.2) is 12.4 Å². The van der Waals surface area contributed by atoms with Crippen LogP contribution in [0.5, 0.6) is 0 Å². The summed E-state index contributed by atoms with van der Waals surface area (Å²) in [5.41, 5.74) is 0. The highest BCUT2D eigenvalue weighted by Gasteiger charge is 2.21. The molecular formula is C9H11O3P. The van der Waals surface area contributed by atoms with E-state index in [9.17, 15) is 4.57 Å². The van der Waals surface area contributed by atoms with Crippen LogP contribution in [0.1, 0.15) is 6.92 Å². The monoisotopic (exact) mass is 198 g/mol. The van der Waals surface area contributed by atoms with Gasteiger partial charge in [0.2, 0.25) is 0 Å². The van der Waals surface area contributed by atoms with Gasteiger partial charge in [-0.25, -0.2) is 0 Å². The molecule has 0 aromatic carbocycles. The SMILES string of the molecule is C#CCOP(=O)(C=C)OC(C)C#C. The van der Waals surface area contributed by atoms with Crippen LogP contribution < -0.4 is 0 Å². The number of hydrogen-bond donors (Lipinski definition) is 0. The van der Waals surface area contributed by atoms with E-state index in [0.717, 1.165) is 5.82 Å². The summed E-state index contributed by atoms with van der Waals surface area (Å²) in [5.74, 6) is 5.51. The number of hydrogen-bond acceptors (Lipinski definition) is 3. The van der Waals surface area contributed by atoms with Gasteiger partial charge in [0.15, 0.2) is 0 Å². The van der Waals surface area contributed by atoms with E-state index in [4.69, 9.17) is 21.9 Å². The summed E-state index contributed by atoms with van der Waals surface area (Å²) in [4.78, 5) is 0. The molecule has 0 aliphatic heterocycles. The van der Waals surface area contributed by atoms with Crippen molar-refractivity contribution in [2.75, 3.05) is 6.61 Å². The van der Waals surface area contributed by atoms with Crippen LogP contribution in [0.4, 0.5) is 0 Å². The zero-order chi connectivity index (χ0) is 10.3. The second-order valence-corrected chi connectivity index (χ2v) is 4.03. The Labute approximate surface area is 78.7 Å². The summed E-state index contributed by atoms with van der Waals surface area (Å²) in [6, 6.07) is 0. The molecule has 0 aromatic rings. The Bertz CT molecular complexity index is 295. The second-order valence-electron chi connectivity index (χ2n) is 2.11. The third-order valence-corrected chi connectivity index (χ3v) is 2.64. The Hall–Kier alpha value is -0.990. The Morgan fingerprint density at radius 3 is 2.69 bits per heavy atom. The Morgan fingerprint density at radius 2 is 2.31 bits per heavy atom. The molecule has 0 aliphatic carbocycles. The molecule has 70 valence electrons. The highest BCUT2D eigenvalue weighted by molar-refractivity contribution is 7.57. The second kappa shape index (κ2) is 5.62. The van der Waals surface area contributed by atoms with Gasteiger partial charge in [-0.2, -0.15) is 0 Å². The third-order valence-electron chi connectivity index (χ3n) is 1.09. The van der Waals surface area contributed by atoms with Gasteiger partial charge in [-0.15, -0.1) is 12.8 Å². The van der Waals surface area contributed by atoms with Gasteiger partial charge < -0.3 is 0 Å². The standard InChI is InChI=1S/C9H11O3P/c1-5-8-11-13(10,7-3)12-9(4)6-2/h1-2,7,9H,3,8H2,4H3. The van der Waals surface area contributed by atoms with Crippen LogP contribution in [0.25, 0.3) is 0 Å². The number of rotatable bonds is 5. The maximum absolute atomic E-state index is 11.6.